The standard InChI is InChI=1S/C18H20N2O2/c1-13-6-4-7-14(2)17(13)20-18(21)19-11-10-15-8-5-9-16(12-15)22-3/h4-12H,1-3H3,(H2,19,20,21)/b11-10+. The van der Waals surface area contributed by atoms with E-state index in [0.29, 0.717) is 0 Å². The number of amides is 2. The Morgan fingerprint density at radius 2 is 1.77 bits per heavy atom. The fourth-order valence-electron chi connectivity index (χ4n) is 2.12. The molecule has 2 amide bonds. The van der Waals surface area contributed by atoms with Crippen LogP contribution < -0.4 is 15.4 Å². The first kappa shape index (κ1) is 15.6. The second-order valence-corrected chi connectivity index (χ2v) is 4.98. The molecule has 2 rings (SSSR count). The average molecular weight is 296 g/mol. The van der Waals surface area contributed by atoms with Gasteiger partial charge in [-0.3, -0.25) is 0 Å². The van der Waals surface area contributed by atoms with Crippen LogP contribution in [-0.4, -0.2) is 13.1 Å². The van der Waals surface area contributed by atoms with Gasteiger partial charge < -0.3 is 15.4 Å². The fraction of sp³-hybridized carbons (Fsp3) is 0.167. The Labute approximate surface area is 130 Å². The van der Waals surface area contributed by atoms with Crippen LogP contribution in [0.2, 0.25) is 0 Å². The smallest absolute Gasteiger partial charge is 0.323 e. The number of anilines is 1. The van der Waals surface area contributed by atoms with E-state index >= 15 is 0 Å². The second kappa shape index (κ2) is 7.31. The maximum absolute atomic E-state index is 11.9. The second-order valence-electron chi connectivity index (χ2n) is 4.98. The molecule has 0 unspecified atom stereocenters. The lowest BCUT2D eigenvalue weighted by atomic mass is 10.1. The van der Waals surface area contributed by atoms with Crippen LogP contribution in [0.4, 0.5) is 10.5 Å². The molecular weight excluding hydrogens is 276 g/mol. The van der Waals surface area contributed by atoms with Crippen molar-refractivity contribution in [3.63, 3.8) is 0 Å². The molecule has 2 aromatic carbocycles. The third kappa shape index (κ3) is 4.12. The minimum Gasteiger partial charge on any atom is -0.497 e. The molecule has 0 saturated heterocycles. The highest BCUT2D eigenvalue weighted by atomic mass is 16.5. The van der Waals surface area contributed by atoms with Crippen LogP contribution in [0.5, 0.6) is 5.75 Å². The average Bonchev–Trinajstić information content (AvgIpc) is 2.51. The molecule has 0 bridgehead atoms. The number of ether oxygens (including phenoxy) is 1. The van der Waals surface area contributed by atoms with Gasteiger partial charge in [-0.2, -0.15) is 0 Å². The highest BCUT2D eigenvalue weighted by molar-refractivity contribution is 5.91. The number of methoxy groups -OCH3 is 1. The number of para-hydroxylation sites is 1. The SMILES string of the molecule is COc1cccc(/C=C/NC(=O)Nc2c(C)cccc2C)c1. The summed E-state index contributed by atoms with van der Waals surface area (Å²) < 4.78 is 5.15. The Morgan fingerprint density at radius 1 is 1.09 bits per heavy atom. The zero-order valence-corrected chi connectivity index (χ0v) is 13.0. The van der Waals surface area contributed by atoms with Gasteiger partial charge in [-0.25, -0.2) is 4.79 Å². The first-order valence-electron chi connectivity index (χ1n) is 7.04. The number of nitrogens with one attached hydrogen (secondary N) is 2. The van der Waals surface area contributed by atoms with E-state index in [1.54, 1.807) is 13.3 Å². The van der Waals surface area contributed by atoms with Crippen LogP contribution in [0.25, 0.3) is 6.08 Å². The van der Waals surface area contributed by atoms with Crippen molar-refractivity contribution >= 4 is 17.8 Å². The first-order valence-corrected chi connectivity index (χ1v) is 7.04. The summed E-state index contributed by atoms with van der Waals surface area (Å²) in [4.78, 5) is 11.9. The molecule has 0 spiro atoms. The number of carbonyl (C=O) groups excluding carboxylic acids is 1. The quantitative estimate of drug-likeness (QED) is 0.892. The molecule has 0 aliphatic rings. The van der Waals surface area contributed by atoms with Gasteiger partial charge in [0.2, 0.25) is 0 Å². The van der Waals surface area contributed by atoms with Crippen molar-refractivity contribution in [2.45, 2.75) is 13.8 Å². The van der Waals surface area contributed by atoms with Crippen molar-refractivity contribution in [2.24, 2.45) is 0 Å². The van der Waals surface area contributed by atoms with Gasteiger partial charge in [0.05, 0.1) is 7.11 Å². The molecule has 2 N–H and O–H groups in total. The maximum Gasteiger partial charge on any atom is 0.323 e. The highest BCUT2D eigenvalue weighted by Gasteiger charge is 2.05. The summed E-state index contributed by atoms with van der Waals surface area (Å²) in [7, 11) is 1.62. The van der Waals surface area contributed by atoms with Gasteiger partial charge in [-0.1, -0.05) is 30.3 Å². The highest BCUT2D eigenvalue weighted by Crippen LogP contribution is 2.19. The van der Waals surface area contributed by atoms with Crippen LogP contribution in [0, 0.1) is 13.8 Å². The van der Waals surface area contributed by atoms with Crippen molar-refractivity contribution in [3.05, 3.63) is 65.4 Å². The predicted molar refractivity (Wildman–Crippen MR) is 90.1 cm³/mol. The van der Waals surface area contributed by atoms with Crippen LogP contribution in [0.15, 0.2) is 48.7 Å². The first-order chi connectivity index (χ1) is 10.6. The van der Waals surface area contributed by atoms with Crippen LogP contribution in [0.3, 0.4) is 0 Å². The van der Waals surface area contributed by atoms with E-state index in [9.17, 15) is 4.79 Å². The molecule has 4 nitrogen and oxygen atoms in total. The Hall–Kier alpha value is -2.75. The summed E-state index contributed by atoms with van der Waals surface area (Å²) in [5.41, 5.74) is 3.86. The molecule has 0 aliphatic heterocycles. The lowest BCUT2D eigenvalue weighted by Gasteiger charge is -2.10. The maximum atomic E-state index is 11.9. The van der Waals surface area contributed by atoms with E-state index in [0.717, 1.165) is 28.1 Å². The summed E-state index contributed by atoms with van der Waals surface area (Å²) in [6, 6.07) is 13.2. The molecular formula is C18H20N2O2. The number of hydrogen-bond donors (Lipinski definition) is 2. The Kier molecular flexibility index (Phi) is 5.20. The number of hydrogen-bond acceptors (Lipinski definition) is 2. The predicted octanol–water partition coefficient (Wildman–Crippen LogP) is 4.10. The van der Waals surface area contributed by atoms with E-state index in [4.69, 9.17) is 4.74 Å². The molecule has 0 aliphatic carbocycles. The van der Waals surface area contributed by atoms with Crippen LogP contribution in [0.1, 0.15) is 16.7 Å². The molecule has 0 radical (unpaired) electrons. The Bertz CT molecular complexity index is 673. The summed E-state index contributed by atoms with van der Waals surface area (Å²) in [5, 5.41) is 5.56. The fourth-order valence-corrected chi connectivity index (χ4v) is 2.12. The molecule has 0 aromatic heterocycles. The van der Waals surface area contributed by atoms with E-state index < -0.39 is 0 Å². The number of urea groups is 1. The lowest BCUT2D eigenvalue weighted by molar-refractivity contribution is 0.255. The Balaban J connectivity index is 1.96. The third-order valence-corrected chi connectivity index (χ3v) is 3.30. The zero-order chi connectivity index (χ0) is 15.9. The van der Waals surface area contributed by atoms with Gasteiger partial charge in [-0.15, -0.1) is 0 Å². The lowest BCUT2D eigenvalue weighted by Crippen LogP contribution is -2.24. The summed E-state index contributed by atoms with van der Waals surface area (Å²) in [6.07, 6.45) is 3.42. The molecule has 2 aromatic rings. The van der Waals surface area contributed by atoms with Gasteiger partial charge in [0.15, 0.2) is 0 Å². The van der Waals surface area contributed by atoms with Crippen molar-refractivity contribution in [3.8, 4) is 5.75 Å². The number of rotatable bonds is 4. The van der Waals surface area contributed by atoms with Gasteiger partial charge in [-0.05, 0) is 48.7 Å². The van der Waals surface area contributed by atoms with E-state index in [2.05, 4.69) is 10.6 Å². The van der Waals surface area contributed by atoms with E-state index in [1.807, 2.05) is 62.4 Å². The zero-order valence-electron chi connectivity index (χ0n) is 13.0. The van der Waals surface area contributed by atoms with Gasteiger partial charge >= 0.3 is 6.03 Å². The number of aryl methyl sites for hydroxylation is 2. The summed E-state index contributed by atoms with van der Waals surface area (Å²) in [6.45, 7) is 3.93. The van der Waals surface area contributed by atoms with Crippen molar-refractivity contribution in [1.82, 2.24) is 5.32 Å². The molecule has 22 heavy (non-hydrogen) atoms. The minimum absolute atomic E-state index is 0.267. The van der Waals surface area contributed by atoms with Crippen LogP contribution in [-0.2, 0) is 0 Å². The molecule has 114 valence electrons. The largest absolute Gasteiger partial charge is 0.497 e. The third-order valence-electron chi connectivity index (χ3n) is 3.30. The molecule has 0 atom stereocenters. The van der Waals surface area contributed by atoms with Crippen LogP contribution >= 0.6 is 0 Å². The monoisotopic (exact) mass is 296 g/mol. The van der Waals surface area contributed by atoms with E-state index in [-0.39, 0.29) is 6.03 Å². The Morgan fingerprint density at radius 3 is 2.45 bits per heavy atom. The molecule has 0 heterocycles. The number of carbonyl (C=O) groups is 1. The number of benzene rings is 2. The van der Waals surface area contributed by atoms with Crippen molar-refractivity contribution < 1.29 is 9.53 Å². The van der Waals surface area contributed by atoms with Crippen molar-refractivity contribution in [2.75, 3.05) is 12.4 Å². The molecule has 0 fully saturated rings. The minimum atomic E-state index is -0.267. The van der Waals surface area contributed by atoms with Gasteiger partial charge in [0.1, 0.15) is 5.75 Å². The van der Waals surface area contributed by atoms with Crippen molar-refractivity contribution in [1.29, 1.82) is 0 Å². The van der Waals surface area contributed by atoms with E-state index in [1.165, 1.54) is 0 Å². The van der Waals surface area contributed by atoms with Gasteiger partial charge in [0, 0.05) is 11.9 Å². The topological polar surface area (TPSA) is 50.4 Å². The normalized spacial score (nSPS) is 10.5. The molecule has 0 saturated carbocycles. The summed E-state index contributed by atoms with van der Waals surface area (Å²) >= 11 is 0. The molecule has 4 heteroatoms. The summed E-state index contributed by atoms with van der Waals surface area (Å²) in [5.74, 6) is 0.780. The van der Waals surface area contributed by atoms with Gasteiger partial charge in [0.25, 0.3) is 0 Å².